The van der Waals surface area contributed by atoms with E-state index in [4.69, 9.17) is 20.4 Å². The van der Waals surface area contributed by atoms with Crippen LogP contribution in [-0.4, -0.2) is 110 Å². The summed E-state index contributed by atoms with van der Waals surface area (Å²) in [5.74, 6) is -1.44. The van der Waals surface area contributed by atoms with E-state index in [0.717, 1.165) is 25.1 Å². The molecule has 0 atom stereocenters. The third kappa shape index (κ3) is 13.9. The highest BCUT2D eigenvalue weighted by Gasteiger charge is 2.25. The van der Waals surface area contributed by atoms with Crippen LogP contribution < -0.4 is 16.0 Å². The molecule has 0 aliphatic heterocycles. The molecule has 3 aromatic rings. The molecule has 0 unspecified atom stereocenters. The Morgan fingerprint density at radius 3 is 1.69 bits per heavy atom. The second-order valence-electron chi connectivity index (χ2n) is 8.70. The van der Waals surface area contributed by atoms with Crippen LogP contribution in [-0.2, 0) is 25.0 Å². The summed E-state index contributed by atoms with van der Waals surface area (Å²) < 4.78 is 66.0. The molecule has 1 amide bonds. The highest BCUT2D eigenvalue weighted by molar-refractivity contribution is 7.86. The van der Waals surface area contributed by atoms with Crippen molar-refractivity contribution in [3.8, 4) is 5.75 Å². The average Bonchev–Trinajstić information content (AvgIpc) is 2.97. The summed E-state index contributed by atoms with van der Waals surface area (Å²) in [7, 11) is -9.71. The summed E-state index contributed by atoms with van der Waals surface area (Å²) in [6, 6.07) is 10.7. The molecule has 0 radical (unpaired) electrons. The fraction of sp³-hybridized carbons (Fsp3) is 0.346. The average molecular weight is 676 g/mol. The number of azo groups is 1. The molecule has 0 aromatic heterocycles. The van der Waals surface area contributed by atoms with E-state index in [0.29, 0.717) is 31.9 Å². The van der Waals surface area contributed by atoms with Gasteiger partial charge >= 0.3 is 0 Å². The second-order valence-corrected chi connectivity index (χ2v) is 11.5. The van der Waals surface area contributed by atoms with Gasteiger partial charge in [-0.25, -0.2) is 0 Å². The third-order valence-electron chi connectivity index (χ3n) is 5.19. The Morgan fingerprint density at radius 2 is 1.27 bits per heavy atom. The number of aliphatic hydroxyl groups excluding tert-OH is 4. The Hall–Kier alpha value is -3.63. The van der Waals surface area contributed by atoms with E-state index in [1.807, 2.05) is 0 Å². The lowest BCUT2D eigenvalue weighted by Gasteiger charge is -2.14. The van der Waals surface area contributed by atoms with Crippen LogP contribution in [0.5, 0.6) is 5.75 Å². The monoisotopic (exact) mass is 675 g/mol. The fourth-order valence-electron chi connectivity index (χ4n) is 3.36. The summed E-state index contributed by atoms with van der Waals surface area (Å²) in [6.45, 7) is 3.95. The number of nitrogens with one attached hydrogen (secondary N) is 3. The molecule has 0 fully saturated rings. The zero-order chi connectivity index (χ0) is 34.0. The van der Waals surface area contributed by atoms with Crippen molar-refractivity contribution >= 4 is 54.0 Å². The summed E-state index contributed by atoms with van der Waals surface area (Å²) >= 11 is 0. The van der Waals surface area contributed by atoms with E-state index < -0.39 is 47.4 Å². The highest BCUT2D eigenvalue weighted by Crippen LogP contribution is 2.45. The minimum Gasteiger partial charge on any atom is -0.505 e. The summed E-state index contributed by atoms with van der Waals surface area (Å²) in [5, 5.41) is 58.4. The number of hydrogen-bond acceptors (Lipinski definition) is 14. The number of fused-ring (bicyclic) bond motifs is 1. The van der Waals surface area contributed by atoms with Crippen LogP contribution in [0.15, 0.2) is 68.6 Å². The number of amides is 1. The Balaban J connectivity index is 0.000000601. The van der Waals surface area contributed by atoms with Gasteiger partial charge in [0.25, 0.3) is 20.2 Å². The number of aliphatic hydroxyl groups is 4. The van der Waals surface area contributed by atoms with Gasteiger partial charge in [0, 0.05) is 38.5 Å². The predicted molar refractivity (Wildman–Crippen MR) is 164 cm³/mol. The summed E-state index contributed by atoms with van der Waals surface area (Å²) in [5.41, 5.74) is -0.565. The molecule has 0 bridgehead atoms. The molecule has 10 N–H and O–H groups in total. The van der Waals surface area contributed by atoms with Crippen LogP contribution in [0.4, 0.5) is 17.1 Å². The van der Waals surface area contributed by atoms with Gasteiger partial charge in [0.15, 0.2) is 5.75 Å². The maximum Gasteiger partial charge on any atom is 0.296 e. The first-order valence-corrected chi connectivity index (χ1v) is 16.0. The number of benzene rings is 3. The van der Waals surface area contributed by atoms with E-state index in [9.17, 15) is 35.8 Å². The molecule has 19 heteroatoms. The number of carbonyl (C=O) groups excluding carboxylic acids is 1. The zero-order valence-electron chi connectivity index (χ0n) is 24.2. The SMILES string of the molecule is CC(=O)Nc1cc(S(=O)(=O)O)cc2cc(S(=O)(=O)O)c(N=Nc3ccccc3)c(O)c12.OCCNCCO.OCCNCCO. The van der Waals surface area contributed by atoms with Crippen molar-refractivity contribution in [2.24, 2.45) is 10.2 Å². The van der Waals surface area contributed by atoms with Crippen LogP contribution in [0.1, 0.15) is 6.92 Å². The molecule has 0 saturated heterocycles. The standard InChI is InChI=1S/C18H15N3O8S2.2C4H11NO2/c1-10(22)19-14-9-13(30(24,25)26)7-11-8-15(31(27,28)29)17(18(23)16(11)14)21-20-12-5-3-2-4-6-12;2*6-3-1-5-2-4-7/h2-9,23H,1H3,(H,19,22)(H,24,25,26)(H,27,28,29);2*5-7H,1-4H2. The fourth-order valence-corrected chi connectivity index (χ4v) is 4.56. The topological polar surface area (TPSA) is 288 Å². The van der Waals surface area contributed by atoms with Crippen molar-refractivity contribution < 1.29 is 56.3 Å². The molecule has 0 aliphatic carbocycles. The molecule has 0 aliphatic rings. The second kappa shape index (κ2) is 19.7. The number of hydrogen-bond donors (Lipinski definition) is 10. The van der Waals surface area contributed by atoms with Gasteiger partial charge in [-0.2, -0.15) is 21.9 Å². The van der Waals surface area contributed by atoms with Crippen LogP contribution in [0, 0.1) is 0 Å². The third-order valence-corrected chi connectivity index (χ3v) is 6.88. The molecule has 45 heavy (non-hydrogen) atoms. The molecular weight excluding hydrogens is 638 g/mol. The van der Waals surface area contributed by atoms with Gasteiger partial charge in [0.2, 0.25) is 5.91 Å². The van der Waals surface area contributed by atoms with E-state index in [1.54, 1.807) is 30.3 Å². The van der Waals surface area contributed by atoms with Crippen molar-refractivity contribution in [3.63, 3.8) is 0 Å². The Bertz CT molecular complexity index is 1600. The van der Waals surface area contributed by atoms with Gasteiger partial charge in [0.05, 0.1) is 42.7 Å². The van der Waals surface area contributed by atoms with E-state index >= 15 is 0 Å². The first-order valence-electron chi connectivity index (χ1n) is 13.1. The van der Waals surface area contributed by atoms with Crippen LogP contribution in [0.2, 0.25) is 0 Å². The smallest absolute Gasteiger partial charge is 0.296 e. The van der Waals surface area contributed by atoms with Gasteiger partial charge < -0.3 is 41.5 Å². The summed E-state index contributed by atoms with van der Waals surface area (Å²) in [6.07, 6.45) is 0. The largest absolute Gasteiger partial charge is 0.505 e. The van der Waals surface area contributed by atoms with Gasteiger partial charge in [-0.3, -0.25) is 13.9 Å². The Morgan fingerprint density at radius 1 is 0.756 bits per heavy atom. The lowest BCUT2D eigenvalue weighted by Crippen LogP contribution is -2.21. The molecule has 0 saturated carbocycles. The van der Waals surface area contributed by atoms with Crippen molar-refractivity contribution in [1.82, 2.24) is 10.6 Å². The Kier molecular flexibility index (Phi) is 17.2. The van der Waals surface area contributed by atoms with Crippen LogP contribution in [0.25, 0.3) is 10.8 Å². The number of phenols is 1. The maximum absolute atomic E-state index is 11.9. The molecule has 17 nitrogen and oxygen atoms in total. The van der Waals surface area contributed by atoms with Gasteiger partial charge in [-0.05, 0) is 35.7 Å². The predicted octanol–water partition coefficient (Wildman–Crippen LogP) is 0.534. The Labute approximate surface area is 259 Å². The van der Waals surface area contributed by atoms with Gasteiger partial charge in [-0.1, -0.05) is 18.2 Å². The number of carbonyl (C=O) groups is 1. The van der Waals surface area contributed by atoms with Crippen molar-refractivity contribution in [1.29, 1.82) is 0 Å². The van der Waals surface area contributed by atoms with E-state index in [1.165, 1.54) is 0 Å². The van der Waals surface area contributed by atoms with Crippen LogP contribution >= 0.6 is 0 Å². The number of aromatic hydroxyl groups is 1. The van der Waals surface area contributed by atoms with E-state index in [2.05, 4.69) is 26.2 Å². The normalized spacial score (nSPS) is 11.4. The van der Waals surface area contributed by atoms with Crippen molar-refractivity contribution in [3.05, 3.63) is 48.5 Å². The van der Waals surface area contributed by atoms with Crippen molar-refractivity contribution in [2.45, 2.75) is 16.7 Å². The lowest BCUT2D eigenvalue weighted by atomic mass is 10.1. The van der Waals surface area contributed by atoms with Crippen LogP contribution in [0.3, 0.4) is 0 Å². The quantitative estimate of drug-likeness (QED) is 0.0672. The number of rotatable bonds is 13. The zero-order valence-corrected chi connectivity index (χ0v) is 25.8. The molecule has 250 valence electrons. The molecule has 3 rings (SSSR count). The molecule has 0 heterocycles. The first-order chi connectivity index (χ1) is 21.2. The molecule has 3 aromatic carbocycles. The summed E-state index contributed by atoms with van der Waals surface area (Å²) in [4.78, 5) is 10.0. The van der Waals surface area contributed by atoms with Gasteiger partial charge in [0.1, 0.15) is 10.6 Å². The number of anilines is 1. The number of phenolic OH excluding ortho intramolecular Hbond substituents is 1. The lowest BCUT2D eigenvalue weighted by molar-refractivity contribution is -0.114. The molecular formula is C26H37N5O12S2. The van der Waals surface area contributed by atoms with Gasteiger partial charge in [-0.15, -0.1) is 5.11 Å². The first kappa shape index (κ1) is 39.4. The minimum absolute atomic E-state index is 0.139. The van der Waals surface area contributed by atoms with Crippen molar-refractivity contribution in [2.75, 3.05) is 57.9 Å². The maximum atomic E-state index is 11.9. The number of nitrogens with zero attached hydrogens (tertiary/aromatic N) is 2. The molecule has 0 spiro atoms. The minimum atomic E-state index is -4.95. The van der Waals surface area contributed by atoms with E-state index in [-0.39, 0.29) is 42.9 Å². The highest BCUT2D eigenvalue weighted by atomic mass is 32.2.